The molecule has 3 rings (SSSR count). The zero-order valence-electron chi connectivity index (χ0n) is 15.9. The van der Waals surface area contributed by atoms with Crippen molar-refractivity contribution in [1.82, 2.24) is 20.0 Å². The minimum absolute atomic E-state index is 0.0213. The molecule has 0 spiro atoms. The van der Waals surface area contributed by atoms with Crippen molar-refractivity contribution in [3.63, 3.8) is 0 Å². The van der Waals surface area contributed by atoms with Gasteiger partial charge in [0.05, 0.1) is 24.0 Å². The Kier molecular flexibility index (Phi) is 6.45. The van der Waals surface area contributed by atoms with Crippen LogP contribution in [0.4, 0.5) is 0 Å². The normalized spacial score (nSPS) is 18.0. The maximum absolute atomic E-state index is 13.1. The number of amides is 1. The summed E-state index contributed by atoms with van der Waals surface area (Å²) in [5.74, 6) is 0.215. The minimum Gasteiger partial charge on any atom is -0.339 e. The molecule has 0 bridgehead atoms. The number of aryl methyl sites for hydroxylation is 1. The molecule has 140 valence electrons. The Morgan fingerprint density at radius 1 is 1.31 bits per heavy atom. The SMILES string of the molecule is CCCc1cc(CN(C)C(=O)[C@@H]2CCCCN2Cc2ccccc2)[nH]n1. The third kappa shape index (κ3) is 4.73. The van der Waals surface area contributed by atoms with Crippen LogP contribution < -0.4 is 0 Å². The van der Waals surface area contributed by atoms with Crippen LogP contribution in [0, 0.1) is 0 Å². The van der Waals surface area contributed by atoms with E-state index in [0.717, 1.165) is 50.2 Å². The number of likely N-dealkylation sites (tertiary alicyclic amines) is 1. The first-order valence-electron chi connectivity index (χ1n) is 9.73. The van der Waals surface area contributed by atoms with Crippen LogP contribution in [0.1, 0.15) is 49.6 Å². The smallest absolute Gasteiger partial charge is 0.240 e. The molecule has 1 fully saturated rings. The number of likely N-dealkylation sites (N-methyl/N-ethyl adjacent to an activating group) is 1. The van der Waals surface area contributed by atoms with Crippen molar-refractivity contribution < 1.29 is 4.79 Å². The fourth-order valence-corrected chi connectivity index (χ4v) is 3.74. The summed E-state index contributed by atoms with van der Waals surface area (Å²) in [6, 6.07) is 12.5. The molecule has 1 aliphatic rings. The van der Waals surface area contributed by atoms with Gasteiger partial charge in [0.15, 0.2) is 0 Å². The summed E-state index contributed by atoms with van der Waals surface area (Å²) in [6.45, 7) is 4.57. The van der Waals surface area contributed by atoms with Gasteiger partial charge in [-0.05, 0) is 37.4 Å². The number of aromatic nitrogens is 2. The summed E-state index contributed by atoms with van der Waals surface area (Å²) in [6.07, 6.45) is 5.29. The van der Waals surface area contributed by atoms with E-state index < -0.39 is 0 Å². The van der Waals surface area contributed by atoms with Crippen molar-refractivity contribution in [3.05, 3.63) is 53.3 Å². The van der Waals surface area contributed by atoms with Crippen LogP contribution in [-0.4, -0.2) is 45.5 Å². The van der Waals surface area contributed by atoms with Crippen LogP contribution >= 0.6 is 0 Å². The fourth-order valence-electron chi connectivity index (χ4n) is 3.74. The molecular formula is C21H30N4O. The minimum atomic E-state index is -0.0213. The molecule has 1 atom stereocenters. The van der Waals surface area contributed by atoms with Gasteiger partial charge in [0, 0.05) is 13.6 Å². The molecular weight excluding hydrogens is 324 g/mol. The zero-order chi connectivity index (χ0) is 18.4. The summed E-state index contributed by atoms with van der Waals surface area (Å²) >= 11 is 0. The van der Waals surface area contributed by atoms with E-state index in [-0.39, 0.29) is 11.9 Å². The highest BCUT2D eigenvalue weighted by molar-refractivity contribution is 5.81. The summed E-state index contributed by atoms with van der Waals surface area (Å²) < 4.78 is 0. The van der Waals surface area contributed by atoms with E-state index in [2.05, 4.69) is 52.4 Å². The van der Waals surface area contributed by atoms with Crippen LogP contribution in [0.2, 0.25) is 0 Å². The molecule has 1 saturated heterocycles. The predicted molar refractivity (Wildman–Crippen MR) is 104 cm³/mol. The first-order chi connectivity index (χ1) is 12.7. The highest BCUT2D eigenvalue weighted by Gasteiger charge is 2.30. The number of aromatic amines is 1. The van der Waals surface area contributed by atoms with Gasteiger partial charge >= 0.3 is 0 Å². The van der Waals surface area contributed by atoms with Crippen molar-refractivity contribution in [3.8, 4) is 0 Å². The lowest BCUT2D eigenvalue weighted by molar-refractivity contribution is -0.137. The lowest BCUT2D eigenvalue weighted by atomic mass is 10.00. The van der Waals surface area contributed by atoms with E-state index in [1.165, 1.54) is 12.0 Å². The van der Waals surface area contributed by atoms with Gasteiger partial charge in [-0.3, -0.25) is 14.8 Å². The number of piperidine rings is 1. The van der Waals surface area contributed by atoms with Crippen LogP contribution in [-0.2, 0) is 24.3 Å². The summed E-state index contributed by atoms with van der Waals surface area (Å²) in [5.41, 5.74) is 3.36. The molecule has 26 heavy (non-hydrogen) atoms. The molecule has 1 aromatic heterocycles. The van der Waals surface area contributed by atoms with E-state index in [0.29, 0.717) is 6.54 Å². The van der Waals surface area contributed by atoms with Gasteiger partial charge in [0.2, 0.25) is 5.91 Å². The van der Waals surface area contributed by atoms with Crippen LogP contribution in [0.15, 0.2) is 36.4 Å². The third-order valence-corrected chi connectivity index (χ3v) is 5.10. The number of nitrogens with one attached hydrogen (secondary N) is 1. The Bertz CT molecular complexity index is 697. The number of H-pyrrole nitrogens is 1. The first kappa shape index (κ1) is 18.6. The van der Waals surface area contributed by atoms with Gasteiger partial charge in [0.1, 0.15) is 0 Å². The molecule has 0 radical (unpaired) electrons. The molecule has 1 amide bonds. The van der Waals surface area contributed by atoms with Crippen molar-refractivity contribution >= 4 is 5.91 Å². The molecule has 1 aromatic carbocycles. The number of rotatable bonds is 7. The van der Waals surface area contributed by atoms with Gasteiger partial charge in [-0.25, -0.2) is 0 Å². The Hall–Kier alpha value is -2.14. The third-order valence-electron chi connectivity index (χ3n) is 5.10. The van der Waals surface area contributed by atoms with Crippen LogP contribution in [0.3, 0.4) is 0 Å². The van der Waals surface area contributed by atoms with Gasteiger partial charge in [0.25, 0.3) is 0 Å². The quantitative estimate of drug-likeness (QED) is 0.829. The zero-order valence-corrected chi connectivity index (χ0v) is 15.9. The monoisotopic (exact) mass is 354 g/mol. The lowest BCUT2D eigenvalue weighted by Gasteiger charge is -2.36. The van der Waals surface area contributed by atoms with Crippen molar-refractivity contribution in [2.24, 2.45) is 0 Å². The van der Waals surface area contributed by atoms with Crippen LogP contribution in [0.25, 0.3) is 0 Å². The van der Waals surface area contributed by atoms with E-state index in [4.69, 9.17) is 0 Å². The molecule has 5 nitrogen and oxygen atoms in total. The molecule has 0 saturated carbocycles. The van der Waals surface area contributed by atoms with E-state index in [9.17, 15) is 4.79 Å². The molecule has 2 aromatic rings. The first-order valence-corrected chi connectivity index (χ1v) is 9.73. The number of carbonyl (C=O) groups is 1. The summed E-state index contributed by atoms with van der Waals surface area (Å²) in [7, 11) is 1.90. The highest BCUT2D eigenvalue weighted by Crippen LogP contribution is 2.21. The van der Waals surface area contributed by atoms with Crippen molar-refractivity contribution in [1.29, 1.82) is 0 Å². The largest absolute Gasteiger partial charge is 0.339 e. The average Bonchev–Trinajstić information content (AvgIpc) is 3.10. The molecule has 2 heterocycles. The molecule has 5 heteroatoms. The maximum atomic E-state index is 13.1. The number of benzene rings is 1. The number of hydrogen-bond donors (Lipinski definition) is 1. The summed E-state index contributed by atoms with van der Waals surface area (Å²) in [4.78, 5) is 17.3. The van der Waals surface area contributed by atoms with Gasteiger partial charge in [-0.15, -0.1) is 0 Å². The fraction of sp³-hybridized carbons (Fsp3) is 0.524. The topological polar surface area (TPSA) is 52.2 Å². The second-order valence-corrected chi connectivity index (χ2v) is 7.30. The highest BCUT2D eigenvalue weighted by atomic mass is 16.2. The van der Waals surface area contributed by atoms with E-state index in [1.807, 2.05) is 18.0 Å². The van der Waals surface area contributed by atoms with Gasteiger partial charge in [-0.2, -0.15) is 5.10 Å². The standard InChI is InChI=1S/C21H30N4O/c1-3-9-18-14-19(23-22-18)16-24(2)21(26)20-12-7-8-13-25(20)15-17-10-5-4-6-11-17/h4-6,10-11,14,20H,3,7-9,12-13,15-16H2,1-2H3,(H,22,23)/t20-/m0/s1. The molecule has 1 aliphatic heterocycles. The Balaban J connectivity index is 1.63. The molecule has 0 unspecified atom stereocenters. The Labute approximate surface area is 156 Å². The average molecular weight is 354 g/mol. The van der Waals surface area contributed by atoms with E-state index >= 15 is 0 Å². The Morgan fingerprint density at radius 2 is 2.12 bits per heavy atom. The number of nitrogens with zero attached hydrogens (tertiary/aromatic N) is 3. The maximum Gasteiger partial charge on any atom is 0.240 e. The van der Waals surface area contributed by atoms with Crippen molar-refractivity contribution in [2.45, 2.75) is 58.2 Å². The van der Waals surface area contributed by atoms with Crippen molar-refractivity contribution in [2.75, 3.05) is 13.6 Å². The van der Waals surface area contributed by atoms with Gasteiger partial charge in [-0.1, -0.05) is 50.1 Å². The van der Waals surface area contributed by atoms with Gasteiger partial charge < -0.3 is 4.90 Å². The predicted octanol–water partition coefficient (Wildman–Crippen LogP) is 3.38. The molecule has 0 aliphatic carbocycles. The number of hydrogen-bond acceptors (Lipinski definition) is 3. The second-order valence-electron chi connectivity index (χ2n) is 7.30. The second kappa shape index (κ2) is 8.99. The summed E-state index contributed by atoms with van der Waals surface area (Å²) in [5, 5.41) is 7.40. The van der Waals surface area contributed by atoms with Crippen LogP contribution in [0.5, 0.6) is 0 Å². The molecule has 1 N–H and O–H groups in total. The number of carbonyl (C=O) groups excluding carboxylic acids is 1. The van der Waals surface area contributed by atoms with E-state index in [1.54, 1.807) is 0 Å². The lowest BCUT2D eigenvalue weighted by Crippen LogP contribution is -2.49. The Morgan fingerprint density at radius 3 is 2.88 bits per heavy atom.